The zero-order valence-corrected chi connectivity index (χ0v) is 8.39. The zero-order chi connectivity index (χ0) is 9.78. The monoisotopic (exact) mass is 173 g/mol. The summed E-state index contributed by atoms with van der Waals surface area (Å²) >= 11 is 0. The molecule has 72 valence electrons. The van der Waals surface area contributed by atoms with Gasteiger partial charge in [-0.25, -0.2) is 0 Å². The summed E-state index contributed by atoms with van der Waals surface area (Å²) < 4.78 is 4.79. The van der Waals surface area contributed by atoms with Gasteiger partial charge in [0.1, 0.15) is 6.04 Å². The van der Waals surface area contributed by atoms with Crippen molar-refractivity contribution in [1.82, 2.24) is 0 Å². The van der Waals surface area contributed by atoms with Crippen LogP contribution >= 0.6 is 0 Å². The van der Waals surface area contributed by atoms with Gasteiger partial charge in [0.2, 0.25) is 0 Å². The van der Waals surface area contributed by atoms with Gasteiger partial charge in [0.25, 0.3) is 0 Å². The van der Waals surface area contributed by atoms with Crippen molar-refractivity contribution in [2.45, 2.75) is 40.2 Å². The van der Waals surface area contributed by atoms with Crippen LogP contribution in [0.5, 0.6) is 0 Å². The quantitative estimate of drug-likeness (QED) is 0.655. The number of ether oxygens (including phenoxy) is 1. The Hall–Kier alpha value is -0.570. The SMILES string of the molecule is CCOC(=O)[C@@H](N)CC(C)(C)C. The van der Waals surface area contributed by atoms with Crippen LogP contribution in [0.1, 0.15) is 34.1 Å². The van der Waals surface area contributed by atoms with E-state index in [4.69, 9.17) is 10.5 Å². The van der Waals surface area contributed by atoms with Crippen molar-refractivity contribution in [3.05, 3.63) is 0 Å². The summed E-state index contributed by atoms with van der Waals surface area (Å²) in [5, 5.41) is 0. The minimum absolute atomic E-state index is 0.0756. The first-order valence-corrected chi connectivity index (χ1v) is 4.29. The first-order valence-electron chi connectivity index (χ1n) is 4.29. The maximum atomic E-state index is 11.1. The molecule has 2 N–H and O–H groups in total. The molecule has 0 heterocycles. The van der Waals surface area contributed by atoms with Crippen LogP contribution in [0.3, 0.4) is 0 Å². The smallest absolute Gasteiger partial charge is 0.322 e. The Kier molecular flexibility index (Phi) is 4.24. The van der Waals surface area contributed by atoms with E-state index in [-0.39, 0.29) is 11.4 Å². The van der Waals surface area contributed by atoms with Gasteiger partial charge in [-0.15, -0.1) is 0 Å². The van der Waals surface area contributed by atoms with E-state index in [1.807, 2.05) is 20.8 Å². The third-order valence-electron chi connectivity index (χ3n) is 1.42. The molecule has 0 aromatic carbocycles. The van der Waals surface area contributed by atoms with Crippen molar-refractivity contribution >= 4 is 5.97 Å². The number of hydrogen-bond donors (Lipinski definition) is 1. The second-order valence-corrected chi connectivity index (χ2v) is 4.12. The lowest BCUT2D eigenvalue weighted by molar-refractivity contribution is -0.145. The van der Waals surface area contributed by atoms with Gasteiger partial charge in [0, 0.05) is 0 Å². The highest BCUT2D eigenvalue weighted by Crippen LogP contribution is 2.20. The molecule has 0 amide bonds. The summed E-state index contributed by atoms with van der Waals surface area (Å²) in [6, 6.07) is -0.482. The number of hydrogen-bond acceptors (Lipinski definition) is 3. The Morgan fingerprint density at radius 1 is 1.50 bits per heavy atom. The summed E-state index contributed by atoms with van der Waals surface area (Å²) in [7, 11) is 0. The van der Waals surface area contributed by atoms with E-state index in [2.05, 4.69) is 0 Å². The van der Waals surface area contributed by atoms with Gasteiger partial charge >= 0.3 is 5.97 Å². The molecule has 0 unspecified atom stereocenters. The molecule has 0 bridgehead atoms. The largest absolute Gasteiger partial charge is 0.465 e. The molecule has 0 aliphatic carbocycles. The van der Waals surface area contributed by atoms with Crippen molar-refractivity contribution in [3.8, 4) is 0 Å². The average Bonchev–Trinajstić information content (AvgIpc) is 1.84. The van der Waals surface area contributed by atoms with Crippen LogP contribution in [0.2, 0.25) is 0 Å². The molecule has 0 aromatic rings. The zero-order valence-electron chi connectivity index (χ0n) is 8.39. The predicted molar refractivity (Wildman–Crippen MR) is 48.7 cm³/mol. The van der Waals surface area contributed by atoms with Crippen LogP contribution in [0, 0.1) is 5.41 Å². The number of rotatable bonds is 3. The Morgan fingerprint density at radius 3 is 2.33 bits per heavy atom. The Morgan fingerprint density at radius 2 is 2.00 bits per heavy atom. The summed E-state index contributed by atoms with van der Waals surface area (Å²) in [5.74, 6) is -0.299. The minimum Gasteiger partial charge on any atom is -0.465 e. The van der Waals surface area contributed by atoms with Gasteiger partial charge in [-0.05, 0) is 18.8 Å². The second kappa shape index (κ2) is 4.45. The number of carbonyl (C=O) groups is 1. The summed E-state index contributed by atoms with van der Waals surface area (Å²) in [6.45, 7) is 8.32. The first-order chi connectivity index (χ1) is 5.37. The average molecular weight is 173 g/mol. The molecule has 12 heavy (non-hydrogen) atoms. The fraction of sp³-hybridized carbons (Fsp3) is 0.889. The van der Waals surface area contributed by atoms with E-state index in [1.54, 1.807) is 6.92 Å². The summed E-state index contributed by atoms with van der Waals surface area (Å²) in [4.78, 5) is 11.1. The van der Waals surface area contributed by atoms with Crippen LogP contribution in [0.15, 0.2) is 0 Å². The lowest BCUT2D eigenvalue weighted by Crippen LogP contribution is -2.35. The normalized spacial score (nSPS) is 14.1. The van der Waals surface area contributed by atoms with E-state index in [0.29, 0.717) is 13.0 Å². The lowest BCUT2D eigenvalue weighted by atomic mass is 9.88. The lowest BCUT2D eigenvalue weighted by Gasteiger charge is -2.21. The Labute approximate surface area is 74.3 Å². The van der Waals surface area contributed by atoms with E-state index >= 15 is 0 Å². The molecule has 1 atom stereocenters. The Bertz CT molecular complexity index is 149. The van der Waals surface area contributed by atoms with Crippen LogP contribution < -0.4 is 5.73 Å². The van der Waals surface area contributed by atoms with Gasteiger partial charge in [-0.1, -0.05) is 20.8 Å². The molecule has 0 aromatic heterocycles. The highest BCUT2D eigenvalue weighted by Gasteiger charge is 2.21. The fourth-order valence-corrected chi connectivity index (χ4v) is 0.992. The van der Waals surface area contributed by atoms with Crippen molar-refractivity contribution in [3.63, 3.8) is 0 Å². The second-order valence-electron chi connectivity index (χ2n) is 4.12. The van der Waals surface area contributed by atoms with Crippen LogP contribution in [-0.2, 0) is 9.53 Å². The first kappa shape index (κ1) is 11.4. The van der Waals surface area contributed by atoms with E-state index < -0.39 is 6.04 Å². The van der Waals surface area contributed by atoms with E-state index in [1.165, 1.54) is 0 Å². The maximum absolute atomic E-state index is 11.1. The standard InChI is InChI=1S/C9H19NO2/c1-5-12-8(11)7(10)6-9(2,3)4/h7H,5-6,10H2,1-4H3/t7-/m0/s1. The van der Waals surface area contributed by atoms with E-state index in [9.17, 15) is 4.79 Å². The van der Waals surface area contributed by atoms with E-state index in [0.717, 1.165) is 0 Å². The fourth-order valence-electron chi connectivity index (χ4n) is 0.992. The summed E-state index contributed by atoms with van der Waals surface area (Å²) in [5.41, 5.74) is 5.69. The highest BCUT2D eigenvalue weighted by atomic mass is 16.5. The molecule has 0 aliphatic rings. The molecule has 0 saturated carbocycles. The number of esters is 1. The van der Waals surface area contributed by atoms with Crippen molar-refractivity contribution in [1.29, 1.82) is 0 Å². The summed E-state index contributed by atoms with van der Waals surface area (Å²) in [6.07, 6.45) is 0.659. The van der Waals surface area contributed by atoms with Crippen molar-refractivity contribution in [2.24, 2.45) is 11.1 Å². The maximum Gasteiger partial charge on any atom is 0.322 e. The van der Waals surface area contributed by atoms with Gasteiger partial charge in [-0.2, -0.15) is 0 Å². The minimum atomic E-state index is -0.482. The molecule has 0 aliphatic heterocycles. The molecule has 0 saturated heterocycles. The molecular weight excluding hydrogens is 154 g/mol. The highest BCUT2D eigenvalue weighted by molar-refractivity contribution is 5.75. The number of nitrogens with two attached hydrogens (primary N) is 1. The molecule has 0 fully saturated rings. The molecule has 0 spiro atoms. The number of carbonyl (C=O) groups excluding carboxylic acids is 1. The molecular formula is C9H19NO2. The van der Waals surface area contributed by atoms with Gasteiger partial charge < -0.3 is 10.5 Å². The van der Waals surface area contributed by atoms with Crippen molar-refractivity contribution in [2.75, 3.05) is 6.61 Å². The van der Waals surface area contributed by atoms with Crippen LogP contribution in [0.25, 0.3) is 0 Å². The molecule has 0 radical (unpaired) electrons. The molecule has 3 nitrogen and oxygen atoms in total. The van der Waals surface area contributed by atoms with Gasteiger partial charge in [0.15, 0.2) is 0 Å². The van der Waals surface area contributed by atoms with Gasteiger partial charge in [0.05, 0.1) is 6.61 Å². The van der Waals surface area contributed by atoms with Gasteiger partial charge in [-0.3, -0.25) is 4.79 Å². The van der Waals surface area contributed by atoms with Crippen LogP contribution in [0.4, 0.5) is 0 Å². The third kappa shape index (κ3) is 5.13. The molecule has 0 rings (SSSR count). The topological polar surface area (TPSA) is 52.3 Å². The predicted octanol–water partition coefficient (Wildman–Crippen LogP) is 1.31. The molecule has 3 heteroatoms. The van der Waals surface area contributed by atoms with Crippen molar-refractivity contribution < 1.29 is 9.53 Å². The third-order valence-corrected chi connectivity index (χ3v) is 1.42. The Balaban J connectivity index is 3.87. The van der Waals surface area contributed by atoms with Crippen LogP contribution in [-0.4, -0.2) is 18.6 Å².